The van der Waals surface area contributed by atoms with Crippen LogP contribution in [-0.2, 0) is 0 Å². The maximum absolute atomic E-state index is 12.2. The van der Waals surface area contributed by atoms with Crippen LogP contribution in [0.5, 0.6) is 5.75 Å². The number of benzene rings is 2. The Morgan fingerprint density at radius 1 is 1.12 bits per heavy atom. The SMILES string of the molecule is O=C(c1ccc(O)cc1Cl)c1ccccc1Br. The zero-order chi connectivity index (χ0) is 12.4. The van der Waals surface area contributed by atoms with E-state index >= 15 is 0 Å². The van der Waals surface area contributed by atoms with Crippen LogP contribution >= 0.6 is 27.5 Å². The summed E-state index contributed by atoms with van der Waals surface area (Å²) in [5.74, 6) is -0.138. The highest BCUT2D eigenvalue weighted by atomic mass is 79.9. The van der Waals surface area contributed by atoms with Gasteiger partial charge in [0.15, 0.2) is 5.78 Å². The minimum Gasteiger partial charge on any atom is -0.508 e. The molecule has 0 spiro atoms. The Bertz CT molecular complexity index is 581. The monoisotopic (exact) mass is 310 g/mol. The molecule has 2 aromatic carbocycles. The highest BCUT2D eigenvalue weighted by Crippen LogP contribution is 2.26. The fourth-order valence-electron chi connectivity index (χ4n) is 1.48. The molecule has 0 heterocycles. The minimum atomic E-state index is -0.178. The number of aromatic hydroxyl groups is 1. The van der Waals surface area contributed by atoms with Crippen LogP contribution in [0.1, 0.15) is 15.9 Å². The molecule has 1 N–H and O–H groups in total. The van der Waals surface area contributed by atoms with E-state index in [0.717, 1.165) is 0 Å². The summed E-state index contributed by atoms with van der Waals surface area (Å²) in [5, 5.41) is 9.48. The number of ketones is 1. The highest BCUT2D eigenvalue weighted by molar-refractivity contribution is 9.10. The van der Waals surface area contributed by atoms with Crippen molar-refractivity contribution in [2.24, 2.45) is 0 Å². The molecule has 0 saturated heterocycles. The number of hydrogen-bond donors (Lipinski definition) is 1. The molecule has 0 aliphatic carbocycles. The number of phenols is 1. The van der Waals surface area contributed by atoms with Gasteiger partial charge in [-0.1, -0.05) is 39.7 Å². The molecule has 0 unspecified atom stereocenters. The molecule has 2 aromatic rings. The first-order valence-electron chi connectivity index (χ1n) is 4.87. The van der Waals surface area contributed by atoms with Crippen LogP contribution in [-0.4, -0.2) is 10.9 Å². The Labute approximate surface area is 112 Å². The lowest BCUT2D eigenvalue weighted by Gasteiger charge is -2.05. The molecule has 0 atom stereocenters. The van der Waals surface area contributed by atoms with Crippen LogP contribution in [0.2, 0.25) is 5.02 Å². The van der Waals surface area contributed by atoms with Crippen molar-refractivity contribution in [3.05, 3.63) is 63.1 Å². The van der Waals surface area contributed by atoms with Gasteiger partial charge in [0, 0.05) is 15.6 Å². The highest BCUT2D eigenvalue weighted by Gasteiger charge is 2.15. The van der Waals surface area contributed by atoms with Gasteiger partial charge in [-0.3, -0.25) is 4.79 Å². The van der Waals surface area contributed by atoms with Crippen molar-refractivity contribution in [1.29, 1.82) is 0 Å². The van der Waals surface area contributed by atoms with Crippen molar-refractivity contribution >= 4 is 33.3 Å². The maximum Gasteiger partial charge on any atom is 0.195 e. The third-order valence-corrected chi connectivity index (χ3v) is 3.32. The van der Waals surface area contributed by atoms with Crippen LogP contribution in [0, 0.1) is 0 Å². The van der Waals surface area contributed by atoms with Crippen molar-refractivity contribution in [3.8, 4) is 5.75 Å². The second kappa shape index (κ2) is 4.90. The predicted molar refractivity (Wildman–Crippen MR) is 70.7 cm³/mol. The van der Waals surface area contributed by atoms with E-state index in [0.29, 0.717) is 15.6 Å². The topological polar surface area (TPSA) is 37.3 Å². The third kappa shape index (κ3) is 2.51. The molecule has 0 fully saturated rings. The van der Waals surface area contributed by atoms with Crippen molar-refractivity contribution in [3.63, 3.8) is 0 Å². The summed E-state index contributed by atoms with van der Waals surface area (Å²) in [6, 6.07) is 11.4. The van der Waals surface area contributed by atoms with E-state index in [1.165, 1.54) is 18.2 Å². The van der Waals surface area contributed by atoms with Gasteiger partial charge in [0.1, 0.15) is 5.75 Å². The van der Waals surface area contributed by atoms with E-state index < -0.39 is 0 Å². The number of phenolic OH excluding ortho intramolecular Hbond substituents is 1. The van der Waals surface area contributed by atoms with Gasteiger partial charge in [-0.2, -0.15) is 0 Å². The van der Waals surface area contributed by atoms with Crippen LogP contribution in [0.15, 0.2) is 46.9 Å². The molecule has 2 nitrogen and oxygen atoms in total. The number of halogens is 2. The Morgan fingerprint density at radius 2 is 1.82 bits per heavy atom. The second-order valence-corrected chi connectivity index (χ2v) is 4.73. The average Bonchev–Trinajstić information content (AvgIpc) is 2.29. The van der Waals surface area contributed by atoms with Crippen LogP contribution in [0.4, 0.5) is 0 Å². The Hall–Kier alpha value is -1.32. The van der Waals surface area contributed by atoms with Gasteiger partial charge in [-0.25, -0.2) is 0 Å². The van der Waals surface area contributed by atoms with Gasteiger partial charge in [-0.15, -0.1) is 0 Å². The molecule has 0 saturated carbocycles. The minimum absolute atomic E-state index is 0.0404. The van der Waals surface area contributed by atoms with Crippen LogP contribution in [0.3, 0.4) is 0 Å². The Balaban J connectivity index is 2.48. The fraction of sp³-hybridized carbons (Fsp3) is 0. The summed E-state index contributed by atoms with van der Waals surface area (Å²) in [7, 11) is 0. The van der Waals surface area contributed by atoms with Gasteiger partial charge >= 0.3 is 0 Å². The van der Waals surface area contributed by atoms with Gasteiger partial charge in [-0.05, 0) is 30.3 Å². The Kier molecular flexibility index (Phi) is 3.50. The molecule has 2 rings (SSSR count). The number of carbonyl (C=O) groups is 1. The molecule has 0 amide bonds. The summed E-state index contributed by atoms with van der Waals surface area (Å²) < 4.78 is 0.717. The lowest BCUT2D eigenvalue weighted by molar-refractivity contribution is 0.103. The largest absolute Gasteiger partial charge is 0.508 e. The van der Waals surface area contributed by atoms with E-state index in [1.807, 2.05) is 6.07 Å². The van der Waals surface area contributed by atoms with Gasteiger partial charge in [0.05, 0.1) is 5.02 Å². The van der Waals surface area contributed by atoms with E-state index in [9.17, 15) is 9.90 Å². The molecule has 0 bridgehead atoms. The van der Waals surface area contributed by atoms with Gasteiger partial charge in [0.25, 0.3) is 0 Å². The van der Waals surface area contributed by atoms with Crippen molar-refractivity contribution in [1.82, 2.24) is 0 Å². The molecule has 0 aliphatic heterocycles. The molecule has 0 radical (unpaired) electrons. The third-order valence-electron chi connectivity index (χ3n) is 2.32. The van der Waals surface area contributed by atoms with Crippen LogP contribution in [0.25, 0.3) is 0 Å². The first kappa shape index (κ1) is 12.1. The first-order chi connectivity index (χ1) is 8.09. The van der Waals surface area contributed by atoms with Gasteiger partial charge in [0.2, 0.25) is 0 Å². The average molecular weight is 312 g/mol. The van der Waals surface area contributed by atoms with Gasteiger partial charge < -0.3 is 5.11 Å². The summed E-state index contributed by atoms with van der Waals surface area (Å²) in [6.45, 7) is 0. The summed E-state index contributed by atoms with van der Waals surface area (Å²) in [6.07, 6.45) is 0. The molecule has 0 aromatic heterocycles. The zero-order valence-corrected chi connectivity index (χ0v) is 11.0. The number of rotatable bonds is 2. The molecular weight excluding hydrogens is 303 g/mol. The van der Waals surface area contributed by atoms with Crippen molar-refractivity contribution in [2.75, 3.05) is 0 Å². The smallest absolute Gasteiger partial charge is 0.195 e. The molecular formula is C13H8BrClO2. The number of carbonyl (C=O) groups excluding carboxylic acids is 1. The first-order valence-corrected chi connectivity index (χ1v) is 6.04. The molecule has 4 heteroatoms. The zero-order valence-electron chi connectivity index (χ0n) is 8.65. The molecule has 86 valence electrons. The summed E-state index contributed by atoms with van der Waals surface area (Å²) in [4.78, 5) is 12.2. The lowest BCUT2D eigenvalue weighted by Crippen LogP contribution is -2.02. The van der Waals surface area contributed by atoms with E-state index in [1.54, 1.807) is 18.2 Å². The van der Waals surface area contributed by atoms with Crippen molar-refractivity contribution < 1.29 is 9.90 Å². The quantitative estimate of drug-likeness (QED) is 0.850. The van der Waals surface area contributed by atoms with E-state index in [-0.39, 0.29) is 16.6 Å². The van der Waals surface area contributed by atoms with E-state index in [2.05, 4.69) is 15.9 Å². The fourth-order valence-corrected chi connectivity index (χ4v) is 2.20. The molecule has 0 aliphatic rings. The lowest BCUT2D eigenvalue weighted by atomic mass is 10.0. The molecule has 17 heavy (non-hydrogen) atoms. The van der Waals surface area contributed by atoms with E-state index in [4.69, 9.17) is 11.6 Å². The van der Waals surface area contributed by atoms with Crippen LogP contribution < -0.4 is 0 Å². The standard InChI is InChI=1S/C13H8BrClO2/c14-11-4-2-1-3-9(11)13(17)10-6-5-8(16)7-12(10)15/h1-7,16H. The Morgan fingerprint density at radius 3 is 2.47 bits per heavy atom. The summed E-state index contributed by atoms with van der Waals surface area (Å²) in [5.41, 5.74) is 0.913. The normalized spacial score (nSPS) is 10.2. The number of hydrogen-bond acceptors (Lipinski definition) is 2. The maximum atomic E-state index is 12.2. The van der Waals surface area contributed by atoms with Crippen molar-refractivity contribution in [2.45, 2.75) is 0 Å². The second-order valence-electron chi connectivity index (χ2n) is 3.47. The summed E-state index contributed by atoms with van der Waals surface area (Å²) >= 11 is 9.25. The predicted octanol–water partition coefficient (Wildman–Crippen LogP) is 4.04.